The quantitative estimate of drug-likeness (QED) is 0.859. The third-order valence-corrected chi connectivity index (χ3v) is 4.95. The predicted molar refractivity (Wildman–Crippen MR) is 89.2 cm³/mol. The lowest BCUT2D eigenvalue weighted by molar-refractivity contribution is 0.000181. The molecule has 3 atom stereocenters. The predicted octanol–water partition coefficient (Wildman–Crippen LogP) is 3.68. The van der Waals surface area contributed by atoms with Crippen LogP contribution in [-0.2, 0) is 11.2 Å². The summed E-state index contributed by atoms with van der Waals surface area (Å²) in [6, 6.07) is 8.18. The van der Waals surface area contributed by atoms with E-state index in [-0.39, 0.29) is 18.1 Å². The van der Waals surface area contributed by atoms with Gasteiger partial charge in [0, 0.05) is 18.5 Å². The summed E-state index contributed by atoms with van der Waals surface area (Å²) in [6.07, 6.45) is 3.08. The van der Waals surface area contributed by atoms with Gasteiger partial charge in [-0.05, 0) is 57.6 Å². The molecule has 4 nitrogen and oxygen atoms in total. The van der Waals surface area contributed by atoms with Crippen molar-refractivity contribution in [2.45, 2.75) is 64.2 Å². The monoisotopic (exact) mass is 317 g/mol. The fourth-order valence-corrected chi connectivity index (χ4v) is 3.95. The largest absolute Gasteiger partial charge is 0.444 e. The maximum absolute atomic E-state index is 12.5. The first-order chi connectivity index (χ1) is 10.9. The molecule has 1 aliphatic carbocycles. The van der Waals surface area contributed by atoms with Gasteiger partial charge >= 0.3 is 6.09 Å². The number of aliphatic hydroxyl groups excluding tert-OH is 1. The van der Waals surface area contributed by atoms with Crippen LogP contribution in [0.25, 0.3) is 0 Å². The average Bonchev–Trinajstić information content (AvgIpc) is 2.95. The first kappa shape index (κ1) is 16.3. The van der Waals surface area contributed by atoms with E-state index in [2.05, 4.69) is 6.07 Å². The van der Waals surface area contributed by atoms with Crippen molar-refractivity contribution in [1.82, 2.24) is 4.90 Å². The van der Waals surface area contributed by atoms with Gasteiger partial charge in [0.25, 0.3) is 0 Å². The number of rotatable bonds is 1. The standard InChI is InChI=1S/C19H27NO3/c1-19(2,3)23-18(22)20-12-6-9-16(20)15-11-10-13-7-4-5-8-14(13)17(15)21/h4-5,7-8,15-17,21H,6,9-12H2,1-3H3. The normalized spacial score (nSPS) is 27.7. The number of amides is 1. The van der Waals surface area contributed by atoms with Crippen LogP contribution in [0.3, 0.4) is 0 Å². The van der Waals surface area contributed by atoms with Crippen molar-refractivity contribution in [2.24, 2.45) is 5.92 Å². The minimum atomic E-state index is -0.493. The molecule has 1 aromatic carbocycles. The number of hydrogen-bond acceptors (Lipinski definition) is 3. The fourth-order valence-electron chi connectivity index (χ4n) is 3.95. The van der Waals surface area contributed by atoms with Crippen molar-refractivity contribution in [2.75, 3.05) is 6.54 Å². The maximum atomic E-state index is 12.5. The Balaban J connectivity index is 1.77. The van der Waals surface area contributed by atoms with E-state index in [1.807, 2.05) is 43.9 Å². The Morgan fingerprint density at radius 1 is 1.26 bits per heavy atom. The van der Waals surface area contributed by atoms with Crippen LogP contribution in [0.1, 0.15) is 57.3 Å². The van der Waals surface area contributed by atoms with Crippen molar-refractivity contribution in [3.63, 3.8) is 0 Å². The van der Waals surface area contributed by atoms with Crippen LogP contribution >= 0.6 is 0 Å². The summed E-state index contributed by atoms with van der Waals surface area (Å²) in [5, 5.41) is 10.8. The minimum absolute atomic E-state index is 0.0770. The van der Waals surface area contributed by atoms with Crippen LogP contribution in [0.4, 0.5) is 4.79 Å². The molecule has 1 aliphatic heterocycles. The van der Waals surface area contributed by atoms with Crippen LogP contribution in [0.15, 0.2) is 24.3 Å². The number of likely N-dealkylation sites (tertiary alicyclic amines) is 1. The van der Waals surface area contributed by atoms with Gasteiger partial charge in [0.1, 0.15) is 5.60 Å². The molecule has 2 aliphatic rings. The summed E-state index contributed by atoms with van der Waals surface area (Å²) in [5.41, 5.74) is 1.78. The van der Waals surface area contributed by atoms with Gasteiger partial charge in [-0.2, -0.15) is 0 Å². The summed E-state index contributed by atoms with van der Waals surface area (Å²) in [5.74, 6) is 0.0971. The molecule has 1 heterocycles. The highest BCUT2D eigenvalue weighted by Gasteiger charge is 2.41. The summed E-state index contributed by atoms with van der Waals surface area (Å²) < 4.78 is 5.55. The molecule has 0 saturated carbocycles. The molecule has 3 rings (SSSR count). The van der Waals surface area contributed by atoms with Crippen molar-refractivity contribution >= 4 is 6.09 Å². The molecule has 1 aromatic rings. The number of fused-ring (bicyclic) bond motifs is 1. The van der Waals surface area contributed by atoms with Gasteiger partial charge in [0.15, 0.2) is 0 Å². The van der Waals surface area contributed by atoms with Crippen molar-refractivity contribution < 1.29 is 14.6 Å². The first-order valence-corrected chi connectivity index (χ1v) is 8.62. The Morgan fingerprint density at radius 3 is 2.74 bits per heavy atom. The zero-order valence-corrected chi connectivity index (χ0v) is 14.3. The zero-order chi connectivity index (χ0) is 16.6. The Bertz CT molecular complexity index is 578. The number of carbonyl (C=O) groups excluding carboxylic acids is 1. The van der Waals surface area contributed by atoms with Gasteiger partial charge in [-0.1, -0.05) is 24.3 Å². The van der Waals surface area contributed by atoms with Gasteiger partial charge < -0.3 is 14.7 Å². The second kappa shape index (κ2) is 6.16. The van der Waals surface area contributed by atoms with E-state index in [9.17, 15) is 9.90 Å². The minimum Gasteiger partial charge on any atom is -0.444 e. The Hall–Kier alpha value is -1.55. The first-order valence-electron chi connectivity index (χ1n) is 8.62. The lowest BCUT2D eigenvalue weighted by atomic mass is 9.77. The van der Waals surface area contributed by atoms with Gasteiger partial charge in [-0.25, -0.2) is 4.79 Å². The topological polar surface area (TPSA) is 49.8 Å². The summed E-state index contributed by atoms with van der Waals surface area (Å²) in [7, 11) is 0. The fraction of sp³-hybridized carbons (Fsp3) is 0.632. The maximum Gasteiger partial charge on any atom is 0.410 e. The molecule has 0 aromatic heterocycles. The molecule has 0 radical (unpaired) electrons. The second-order valence-corrected chi connectivity index (χ2v) is 7.73. The van der Waals surface area contributed by atoms with E-state index in [1.54, 1.807) is 0 Å². The Kier molecular flexibility index (Phi) is 4.37. The summed E-state index contributed by atoms with van der Waals surface area (Å²) in [6.45, 7) is 6.40. The number of hydrogen-bond donors (Lipinski definition) is 1. The number of aryl methyl sites for hydroxylation is 1. The van der Waals surface area contributed by atoms with E-state index < -0.39 is 11.7 Å². The molecule has 126 valence electrons. The molecule has 0 bridgehead atoms. The van der Waals surface area contributed by atoms with E-state index >= 15 is 0 Å². The van der Waals surface area contributed by atoms with Crippen LogP contribution in [0, 0.1) is 5.92 Å². The molecule has 4 heteroatoms. The highest BCUT2D eigenvalue weighted by molar-refractivity contribution is 5.69. The third-order valence-electron chi connectivity index (χ3n) is 4.95. The van der Waals surface area contributed by atoms with Crippen LogP contribution < -0.4 is 0 Å². The van der Waals surface area contributed by atoms with Gasteiger partial charge in [0.2, 0.25) is 0 Å². The molecule has 1 amide bonds. The number of ether oxygens (including phenoxy) is 1. The number of aliphatic hydroxyl groups is 1. The number of carbonyl (C=O) groups is 1. The van der Waals surface area contributed by atoms with Crippen molar-refractivity contribution in [1.29, 1.82) is 0 Å². The van der Waals surface area contributed by atoms with Crippen molar-refractivity contribution in [3.8, 4) is 0 Å². The lowest BCUT2D eigenvalue weighted by Gasteiger charge is -2.38. The van der Waals surface area contributed by atoms with E-state index in [1.165, 1.54) is 5.56 Å². The van der Waals surface area contributed by atoms with Crippen LogP contribution in [-0.4, -0.2) is 34.3 Å². The molecule has 1 fully saturated rings. The molecule has 1 saturated heterocycles. The lowest BCUT2D eigenvalue weighted by Crippen LogP contribution is -2.45. The molecule has 1 N–H and O–H groups in total. The number of benzene rings is 1. The highest BCUT2D eigenvalue weighted by atomic mass is 16.6. The molecule has 3 unspecified atom stereocenters. The molecular formula is C19H27NO3. The van der Waals surface area contributed by atoms with E-state index in [0.29, 0.717) is 0 Å². The summed E-state index contributed by atoms with van der Waals surface area (Å²) >= 11 is 0. The second-order valence-electron chi connectivity index (χ2n) is 7.73. The van der Waals surface area contributed by atoms with Gasteiger partial charge in [0.05, 0.1) is 6.10 Å². The number of nitrogens with zero attached hydrogens (tertiary/aromatic N) is 1. The average molecular weight is 317 g/mol. The van der Waals surface area contributed by atoms with Crippen LogP contribution in [0.5, 0.6) is 0 Å². The van der Waals surface area contributed by atoms with Crippen LogP contribution in [0.2, 0.25) is 0 Å². The molecule has 0 spiro atoms. The smallest absolute Gasteiger partial charge is 0.410 e. The van der Waals surface area contributed by atoms with Crippen molar-refractivity contribution in [3.05, 3.63) is 35.4 Å². The van der Waals surface area contributed by atoms with Gasteiger partial charge in [-0.15, -0.1) is 0 Å². The summed E-state index contributed by atoms with van der Waals surface area (Å²) in [4.78, 5) is 14.3. The van der Waals surface area contributed by atoms with Gasteiger partial charge in [-0.3, -0.25) is 0 Å². The van der Waals surface area contributed by atoms with E-state index in [0.717, 1.165) is 37.8 Å². The Labute approximate surface area is 138 Å². The Morgan fingerprint density at radius 2 is 2.00 bits per heavy atom. The SMILES string of the molecule is CC(C)(C)OC(=O)N1CCCC1C1CCc2ccccc2C1O. The zero-order valence-electron chi connectivity index (χ0n) is 14.3. The molecular weight excluding hydrogens is 290 g/mol. The van der Waals surface area contributed by atoms with E-state index in [4.69, 9.17) is 4.74 Å². The third kappa shape index (κ3) is 3.37. The highest BCUT2D eigenvalue weighted by Crippen LogP contribution is 2.41. The molecule has 23 heavy (non-hydrogen) atoms.